The third-order valence-corrected chi connectivity index (χ3v) is 4.83. The maximum absolute atomic E-state index is 5.80. The third kappa shape index (κ3) is 3.01. The highest BCUT2D eigenvalue weighted by molar-refractivity contribution is 5.43. The highest BCUT2D eigenvalue weighted by atomic mass is 16.5. The van der Waals surface area contributed by atoms with Crippen molar-refractivity contribution in [2.45, 2.75) is 44.3 Å². The highest BCUT2D eigenvalue weighted by Crippen LogP contribution is 2.31. The second-order valence-electron chi connectivity index (χ2n) is 6.49. The molecule has 21 heavy (non-hydrogen) atoms. The van der Waals surface area contributed by atoms with Crippen LogP contribution in [0, 0.1) is 0 Å². The summed E-state index contributed by atoms with van der Waals surface area (Å²) in [6.45, 7) is 4.90. The predicted molar refractivity (Wildman–Crippen MR) is 81.9 cm³/mol. The van der Waals surface area contributed by atoms with Gasteiger partial charge in [-0.25, -0.2) is 0 Å². The molecule has 1 N–H and O–H groups in total. The van der Waals surface area contributed by atoms with Crippen molar-refractivity contribution in [3.63, 3.8) is 0 Å². The molecule has 2 bridgehead atoms. The monoisotopic (exact) mass is 288 g/mol. The minimum atomic E-state index is 0.693. The van der Waals surface area contributed by atoms with Gasteiger partial charge in [-0.05, 0) is 37.0 Å². The van der Waals surface area contributed by atoms with Crippen LogP contribution in [0.2, 0.25) is 0 Å². The Balaban J connectivity index is 1.45. The Hall–Kier alpha value is -1.26. The summed E-state index contributed by atoms with van der Waals surface area (Å²) < 4.78 is 11.5. The van der Waals surface area contributed by atoms with Crippen LogP contribution in [0.4, 0.5) is 0 Å². The number of hydrogen-bond donors (Lipinski definition) is 1. The maximum Gasteiger partial charge on any atom is 0.161 e. The molecule has 2 saturated heterocycles. The molecule has 0 radical (unpaired) electrons. The van der Waals surface area contributed by atoms with Crippen LogP contribution in [0.1, 0.15) is 31.2 Å². The fourth-order valence-corrected chi connectivity index (χ4v) is 3.72. The summed E-state index contributed by atoms with van der Waals surface area (Å²) in [5, 5.41) is 3.74. The Morgan fingerprint density at radius 3 is 2.86 bits per heavy atom. The summed E-state index contributed by atoms with van der Waals surface area (Å²) in [5.74, 6) is 1.81. The number of fused-ring (bicyclic) bond motifs is 3. The van der Waals surface area contributed by atoms with Crippen molar-refractivity contribution in [1.82, 2.24) is 10.2 Å². The quantitative estimate of drug-likeness (QED) is 0.904. The van der Waals surface area contributed by atoms with Gasteiger partial charge >= 0.3 is 0 Å². The van der Waals surface area contributed by atoms with Gasteiger partial charge in [-0.15, -0.1) is 0 Å². The van der Waals surface area contributed by atoms with Crippen LogP contribution in [-0.4, -0.2) is 43.3 Å². The van der Waals surface area contributed by atoms with Gasteiger partial charge in [-0.1, -0.05) is 6.07 Å². The smallest absolute Gasteiger partial charge is 0.161 e. The standard InChI is InChI=1S/C17H24N2O2/c1-8-20-16-5-2-13(10-17(16)21-9-1)11-19-7-6-14-3-4-15(12-19)18-14/h2,5,10,14-15,18H,1,3-4,6-9,11-12H2. The summed E-state index contributed by atoms with van der Waals surface area (Å²) in [6, 6.07) is 7.86. The normalized spacial score (nSPS) is 29.0. The molecule has 0 saturated carbocycles. The number of likely N-dealkylation sites (tertiary alicyclic amines) is 1. The average Bonchev–Trinajstić information content (AvgIpc) is 2.69. The second-order valence-corrected chi connectivity index (χ2v) is 6.49. The van der Waals surface area contributed by atoms with Gasteiger partial charge in [-0.2, -0.15) is 0 Å². The maximum atomic E-state index is 5.80. The number of hydrogen-bond acceptors (Lipinski definition) is 4. The lowest BCUT2D eigenvalue weighted by Crippen LogP contribution is -2.34. The molecule has 0 amide bonds. The van der Waals surface area contributed by atoms with E-state index < -0.39 is 0 Å². The molecule has 3 aliphatic rings. The van der Waals surface area contributed by atoms with Gasteiger partial charge in [0.05, 0.1) is 13.2 Å². The Bertz CT molecular complexity index is 506. The summed E-state index contributed by atoms with van der Waals surface area (Å²) in [5.41, 5.74) is 1.33. The topological polar surface area (TPSA) is 33.7 Å². The van der Waals surface area contributed by atoms with Crippen LogP contribution < -0.4 is 14.8 Å². The number of ether oxygens (including phenoxy) is 2. The average molecular weight is 288 g/mol. The fourth-order valence-electron chi connectivity index (χ4n) is 3.72. The van der Waals surface area contributed by atoms with E-state index >= 15 is 0 Å². The van der Waals surface area contributed by atoms with Crippen molar-refractivity contribution in [3.05, 3.63) is 23.8 Å². The van der Waals surface area contributed by atoms with Crippen molar-refractivity contribution in [2.24, 2.45) is 0 Å². The van der Waals surface area contributed by atoms with E-state index in [1.54, 1.807) is 0 Å². The SMILES string of the molecule is c1cc2c(cc1CN1CCC3CCC(C1)N3)OCCCO2. The van der Waals surface area contributed by atoms with Crippen LogP contribution in [0.25, 0.3) is 0 Å². The third-order valence-electron chi connectivity index (χ3n) is 4.83. The number of benzene rings is 1. The zero-order chi connectivity index (χ0) is 14.1. The Labute approximate surface area is 126 Å². The molecular formula is C17H24N2O2. The van der Waals surface area contributed by atoms with Crippen LogP contribution >= 0.6 is 0 Å². The Kier molecular flexibility index (Phi) is 3.74. The van der Waals surface area contributed by atoms with E-state index in [1.165, 1.54) is 37.9 Å². The van der Waals surface area contributed by atoms with Crippen LogP contribution in [0.3, 0.4) is 0 Å². The lowest BCUT2D eigenvalue weighted by Gasteiger charge is -2.24. The molecule has 3 heterocycles. The van der Waals surface area contributed by atoms with Crippen molar-refractivity contribution < 1.29 is 9.47 Å². The van der Waals surface area contributed by atoms with E-state index in [4.69, 9.17) is 9.47 Å². The van der Waals surface area contributed by atoms with Gasteiger partial charge < -0.3 is 14.8 Å². The molecular weight excluding hydrogens is 264 g/mol. The fraction of sp³-hybridized carbons (Fsp3) is 0.647. The molecule has 1 aromatic carbocycles. The molecule has 3 aliphatic heterocycles. The van der Waals surface area contributed by atoms with Crippen LogP contribution in [0.5, 0.6) is 11.5 Å². The zero-order valence-electron chi connectivity index (χ0n) is 12.5. The van der Waals surface area contributed by atoms with E-state index in [0.29, 0.717) is 6.04 Å². The first kappa shape index (κ1) is 13.4. The molecule has 2 unspecified atom stereocenters. The summed E-state index contributed by atoms with van der Waals surface area (Å²) >= 11 is 0. The predicted octanol–water partition coefficient (Wildman–Crippen LogP) is 2.17. The van der Waals surface area contributed by atoms with Gasteiger partial charge in [0.1, 0.15) is 0 Å². The van der Waals surface area contributed by atoms with E-state index in [0.717, 1.165) is 43.7 Å². The zero-order valence-corrected chi connectivity index (χ0v) is 12.5. The molecule has 1 aromatic rings. The molecule has 2 fully saturated rings. The van der Waals surface area contributed by atoms with E-state index in [9.17, 15) is 0 Å². The first-order valence-electron chi connectivity index (χ1n) is 8.24. The van der Waals surface area contributed by atoms with E-state index in [2.05, 4.69) is 28.4 Å². The second kappa shape index (κ2) is 5.85. The first-order chi connectivity index (χ1) is 10.4. The van der Waals surface area contributed by atoms with Gasteiger partial charge in [-0.3, -0.25) is 4.90 Å². The molecule has 0 spiro atoms. The molecule has 4 rings (SSSR count). The number of nitrogens with zero attached hydrogens (tertiary/aromatic N) is 1. The molecule has 4 nitrogen and oxygen atoms in total. The summed E-state index contributed by atoms with van der Waals surface area (Å²) in [7, 11) is 0. The molecule has 4 heteroatoms. The Morgan fingerprint density at radius 1 is 1.05 bits per heavy atom. The van der Waals surface area contributed by atoms with Crippen molar-refractivity contribution in [1.29, 1.82) is 0 Å². The molecule has 2 atom stereocenters. The van der Waals surface area contributed by atoms with Crippen molar-refractivity contribution in [3.8, 4) is 11.5 Å². The minimum Gasteiger partial charge on any atom is -0.490 e. The summed E-state index contributed by atoms with van der Waals surface area (Å²) in [4.78, 5) is 2.58. The lowest BCUT2D eigenvalue weighted by atomic mass is 10.1. The van der Waals surface area contributed by atoms with Crippen LogP contribution in [-0.2, 0) is 6.54 Å². The molecule has 114 valence electrons. The lowest BCUT2D eigenvalue weighted by molar-refractivity contribution is 0.250. The number of nitrogens with one attached hydrogen (secondary N) is 1. The summed E-state index contributed by atoms with van der Waals surface area (Å²) in [6.07, 6.45) is 4.94. The number of rotatable bonds is 2. The van der Waals surface area contributed by atoms with E-state index in [-0.39, 0.29) is 0 Å². The molecule has 0 aliphatic carbocycles. The van der Waals surface area contributed by atoms with Crippen molar-refractivity contribution in [2.75, 3.05) is 26.3 Å². The van der Waals surface area contributed by atoms with Gasteiger partial charge in [0.25, 0.3) is 0 Å². The van der Waals surface area contributed by atoms with Gasteiger partial charge in [0, 0.05) is 38.1 Å². The Morgan fingerprint density at radius 2 is 1.90 bits per heavy atom. The highest BCUT2D eigenvalue weighted by Gasteiger charge is 2.29. The minimum absolute atomic E-state index is 0.693. The van der Waals surface area contributed by atoms with Crippen molar-refractivity contribution >= 4 is 0 Å². The van der Waals surface area contributed by atoms with Gasteiger partial charge in [0.2, 0.25) is 0 Å². The molecule has 0 aromatic heterocycles. The van der Waals surface area contributed by atoms with E-state index in [1.807, 2.05) is 0 Å². The first-order valence-corrected chi connectivity index (χ1v) is 8.24. The van der Waals surface area contributed by atoms with Crippen LogP contribution in [0.15, 0.2) is 18.2 Å². The largest absolute Gasteiger partial charge is 0.490 e. The van der Waals surface area contributed by atoms with Gasteiger partial charge in [0.15, 0.2) is 11.5 Å².